The molecule has 1 amide bonds. The Balaban J connectivity index is 1.55. The molecule has 1 heterocycles. The minimum Gasteiger partial charge on any atom is -0.459 e. The third kappa shape index (κ3) is 6.07. The van der Waals surface area contributed by atoms with Crippen molar-refractivity contribution >= 4 is 40.9 Å². The molecule has 0 saturated heterocycles. The summed E-state index contributed by atoms with van der Waals surface area (Å²) in [5, 5.41) is 10.8. The van der Waals surface area contributed by atoms with Crippen molar-refractivity contribution in [2.75, 3.05) is 11.1 Å². The zero-order chi connectivity index (χ0) is 20.8. The first-order chi connectivity index (χ1) is 13.9. The second kappa shape index (κ2) is 9.58. The molecule has 3 rings (SSSR count). The molecule has 2 aromatic carbocycles. The highest BCUT2D eigenvalue weighted by Crippen LogP contribution is 2.21. The van der Waals surface area contributed by atoms with Crippen LogP contribution in [0, 0.1) is 0 Å². The summed E-state index contributed by atoms with van der Waals surface area (Å²) in [5.41, 5.74) is 1.75. The number of halogens is 1. The van der Waals surface area contributed by atoms with Gasteiger partial charge in [-0.2, -0.15) is 0 Å². The minimum absolute atomic E-state index is 0.124. The smallest absolute Gasteiger partial charge is 0.338 e. The average Bonchev–Trinajstić information content (AvgIpc) is 3.16. The normalized spacial score (nSPS) is 10.8. The van der Waals surface area contributed by atoms with Crippen molar-refractivity contribution in [3.63, 3.8) is 0 Å². The van der Waals surface area contributed by atoms with Crippen molar-refractivity contribution in [3.8, 4) is 11.4 Å². The van der Waals surface area contributed by atoms with Crippen LogP contribution in [0.5, 0.6) is 0 Å². The number of carbonyl (C=O) groups excluding carboxylic acids is 2. The number of amides is 1. The Labute approximate surface area is 177 Å². The van der Waals surface area contributed by atoms with Gasteiger partial charge in [0.2, 0.25) is 11.1 Å². The molecule has 0 spiro atoms. The molecule has 0 radical (unpaired) electrons. The number of aromatic nitrogens is 3. The number of nitrogens with one attached hydrogen (secondary N) is 2. The lowest BCUT2D eigenvalue weighted by molar-refractivity contribution is -0.113. The summed E-state index contributed by atoms with van der Waals surface area (Å²) in [6.07, 6.45) is -0.212. The second-order valence-electron chi connectivity index (χ2n) is 6.35. The number of benzene rings is 2. The van der Waals surface area contributed by atoms with Crippen molar-refractivity contribution in [2.45, 2.75) is 25.1 Å². The van der Waals surface area contributed by atoms with E-state index in [0.717, 1.165) is 5.56 Å². The Morgan fingerprint density at radius 3 is 2.69 bits per heavy atom. The van der Waals surface area contributed by atoms with Gasteiger partial charge in [0.1, 0.15) is 0 Å². The van der Waals surface area contributed by atoms with Gasteiger partial charge in [-0.3, -0.25) is 9.89 Å². The molecule has 29 heavy (non-hydrogen) atoms. The first-order valence-corrected chi connectivity index (χ1v) is 10.2. The number of esters is 1. The number of hydrogen-bond acceptors (Lipinski definition) is 6. The first kappa shape index (κ1) is 20.9. The lowest BCUT2D eigenvalue weighted by atomic mass is 10.2. The molecule has 0 aliphatic carbocycles. The molecule has 7 nitrogen and oxygen atoms in total. The van der Waals surface area contributed by atoms with Crippen LogP contribution in [0.1, 0.15) is 24.2 Å². The standard InChI is InChI=1S/C20H19ClN4O3S/c1-12(2)28-19(27)14-4-3-5-16(10-14)22-17(26)11-29-20-23-18(24-25-20)13-6-8-15(21)9-7-13/h3-10,12H,11H2,1-2H3,(H,22,26)(H,23,24,25). The molecular weight excluding hydrogens is 412 g/mol. The summed E-state index contributed by atoms with van der Waals surface area (Å²) in [5.74, 6) is 0.0579. The maximum atomic E-state index is 12.2. The quantitative estimate of drug-likeness (QED) is 0.425. The lowest BCUT2D eigenvalue weighted by Crippen LogP contribution is -2.15. The minimum atomic E-state index is -0.430. The molecule has 9 heteroatoms. The fourth-order valence-corrected chi connectivity index (χ4v) is 3.11. The van der Waals surface area contributed by atoms with E-state index in [2.05, 4.69) is 20.5 Å². The number of H-pyrrole nitrogens is 1. The van der Waals surface area contributed by atoms with Gasteiger partial charge in [-0.15, -0.1) is 5.10 Å². The van der Waals surface area contributed by atoms with Crippen molar-refractivity contribution in [2.24, 2.45) is 0 Å². The zero-order valence-electron chi connectivity index (χ0n) is 15.8. The third-order valence-electron chi connectivity index (χ3n) is 3.64. The van der Waals surface area contributed by atoms with Gasteiger partial charge in [-0.1, -0.05) is 29.4 Å². The maximum Gasteiger partial charge on any atom is 0.338 e. The topological polar surface area (TPSA) is 97.0 Å². The number of ether oxygens (including phenoxy) is 1. The number of nitrogens with zero attached hydrogens (tertiary/aromatic N) is 2. The van der Waals surface area contributed by atoms with Crippen LogP contribution in [0.25, 0.3) is 11.4 Å². The molecule has 0 fully saturated rings. The van der Waals surface area contributed by atoms with E-state index in [1.807, 2.05) is 12.1 Å². The van der Waals surface area contributed by atoms with Crippen LogP contribution >= 0.6 is 23.4 Å². The molecule has 0 aliphatic rings. The van der Waals surface area contributed by atoms with Crippen LogP contribution in [0.15, 0.2) is 53.7 Å². The lowest BCUT2D eigenvalue weighted by Gasteiger charge is -2.09. The van der Waals surface area contributed by atoms with Gasteiger partial charge >= 0.3 is 5.97 Å². The van der Waals surface area contributed by atoms with E-state index in [9.17, 15) is 9.59 Å². The molecule has 3 aromatic rings. The second-order valence-corrected chi connectivity index (χ2v) is 7.72. The molecular formula is C20H19ClN4O3S. The summed E-state index contributed by atoms with van der Waals surface area (Å²) in [6.45, 7) is 3.56. The molecule has 0 bridgehead atoms. The number of carbonyl (C=O) groups is 2. The first-order valence-electron chi connectivity index (χ1n) is 8.83. The van der Waals surface area contributed by atoms with Gasteiger partial charge in [-0.25, -0.2) is 9.78 Å². The Hall–Kier alpha value is -2.84. The van der Waals surface area contributed by atoms with Gasteiger partial charge in [0.15, 0.2) is 5.82 Å². The molecule has 2 N–H and O–H groups in total. The van der Waals surface area contributed by atoms with Crippen LogP contribution in [0.3, 0.4) is 0 Å². The van der Waals surface area contributed by atoms with E-state index in [-0.39, 0.29) is 17.8 Å². The number of thioether (sulfide) groups is 1. The van der Waals surface area contributed by atoms with Crippen LogP contribution in [-0.4, -0.2) is 38.9 Å². The van der Waals surface area contributed by atoms with E-state index < -0.39 is 5.97 Å². The summed E-state index contributed by atoms with van der Waals surface area (Å²) in [4.78, 5) is 28.6. The third-order valence-corrected chi connectivity index (χ3v) is 4.74. The molecule has 0 unspecified atom stereocenters. The summed E-state index contributed by atoms with van der Waals surface area (Å²) in [7, 11) is 0. The monoisotopic (exact) mass is 430 g/mol. The zero-order valence-corrected chi connectivity index (χ0v) is 17.4. The van der Waals surface area contributed by atoms with E-state index in [0.29, 0.717) is 27.3 Å². The van der Waals surface area contributed by atoms with Crippen LogP contribution in [-0.2, 0) is 9.53 Å². The summed E-state index contributed by atoms with van der Waals surface area (Å²) < 4.78 is 5.16. The van der Waals surface area contributed by atoms with Crippen LogP contribution in [0.4, 0.5) is 5.69 Å². The molecule has 1 aromatic heterocycles. The summed E-state index contributed by atoms with van der Waals surface area (Å²) in [6, 6.07) is 13.8. The van der Waals surface area contributed by atoms with Crippen LogP contribution < -0.4 is 5.32 Å². The predicted octanol–water partition coefficient (Wildman–Crippen LogP) is 4.42. The fraction of sp³-hybridized carbons (Fsp3) is 0.200. The maximum absolute atomic E-state index is 12.2. The highest BCUT2D eigenvalue weighted by molar-refractivity contribution is 7.99. The van der Waals surface area contributed by atoms with Crippen molar-refractivity contribution in [1.29, 1.82) is 0 Å². The molecule has 0 saturated carbocycles. The van der Waals surface area contributed by atoms with Gasteiger partial charge in [0.25, 0.3) is 0 Å². The van der Waals surface area contributed by atoms with E-state index in [1.54, 1.807) is 50.2 Å². The fourth-order valence-electron chi connectivity index (χ4n) is 2.38. The number of hydrogen-bond donors (Lipinski definition) is 2. The molecule has 0 atom stereocenters. The predicted molar refractivity (Wildman–Crippen MR) is 113 cm³/mol. The molecule has 0 aliphatic heterocycles. The Morgan fingerprint density at radius 2 is 1.97 bits per heavy atom. The largest absolute Gasteiger partial charge is 0.459 e. The van der Waals surface area contributed by atoms with Gasteiger partial charge in [0, 0.05) is 16.3 Å². The van der Waals surface area contributed by atoms with Gasteiger partial charge in [0.05, 0.1) is 17.4 Å². The Bertz CT molecular complexity index is 1000. The van der Waals surface area contributed by atoms with Crippen molar-refractivity contribution < 1.29 is 14.3 Å². The van der Waals surface area contributed by atoms with Crippen molar-refractivity contribution in [3.05, 3.63) is 59.1 Å². The van der Waals surface area contributed by atoms with Gasteiger partial charge < -0.3 is 10.1 Å². The van der Waals surface area contributed by atoms with Crippen LogP contribution in [0.2, 0.25) is 5.02 Å². The number of anilines is 1. The Morgan fingerprint density at radius 1 is 1.21 bits per heavy atom. The molecule has 150 valence electrons. The van der Waals surface area contributed by atoms with Gasteiger partial charge in [-0.05, 0) is 56.3 Å². The number of rotatable bonds is 7. The average molecular weight is 431 g/mol. The SMILES string of the molecule is CC(C)OC(=O)c1cccc(NC(=O)CSc2n[nH]c(-c3ccc(Cl)cc3)n2)c1. The van der Waals surface area contributed by atoms with E-state index >= 15 is 0 Å². The van der Waals surface area contributed by atoms with Crippen molar-refractivity contribution in [1.82, 2.24) is 15.2 Å². The number of aromatic amines is 1. The Kier molecular flexibility index (Phi) is 6.90. The van der Waals surface area contributed by atoms with E-state index in [1.165, 1.54) is 11.8 Å². The highest BCUT2D eigenvalue weighted by Gasteiger charge is 2.12. The highest BCUT2D eigenvalue weighted by atomic mass is 35.5. The van der Waals surface area contributed by atoms with E-state index in [4.69, 9.17) is 16.3 Å². The summed E-state index contributed by atoms with van der Waals surface area (Å²) >= 11 is 7.09.